The van der Waals surface area contributed by atoms with Gasteiger partial charge in [0.1, 0.15) is 12.2 Å². The summed E-state index contributed by atoms with van der Waals surface area (Å²) in [5, 5.41) is 5.42. The lowest BCUT2D eigenvalue weighted by Gasteiger charge is -2.35. The van der Waals surface area contributed by atoms with Crippen LogP contribution in [0.2, 0.25) is 0 Å². The van der Waals surface area contributed by atoms with Crippen molar-refractivity contribution in [3.05, 3.63) is 12.2 Å². The second kappa shape index (κ2) is 5.98. The maximum Gasteiger partial charge on any atom is 0.138 e. The highest BCUT2D eigenvalue weighted by atomic mass is 79.9. The Kier molecular flexibility index (Phi) is 4.60. The molecule has 96 valence electrons. The van der Waals surface area contributed by atoms with Gasteiger partial charge >= 0.3 is 0 Å². The third-order valence-corrected chi connectivity index (χ3v) is 5.05. The van der Waals surface area contributed by atoms with E-state index in [0.717, 1.165) is 24.7 Å². The summed E-state index contributed by atoms with van der Waals surface area (Å²) in [6.45, 7) is 3.18. The Bertz CT molecular complexity index is 342. The van der Waals surface area contributed by atoms with Crippen LogP contribution in [-0.2, 0) is 13.0 Å². The van der Waals surface area contributed by atoms with Crippen LogP contribution in [0.15, 0.2) is 6.33 Å². The highest BCUT2D eigenvalue weighted by Gasteiger charge is 2.32. The van der Waals surface area contributed by atoms with Crippen molar-refractivity contribution in [2.45, 2.75) is 58.4 Å². The van der Waals surface area contributed by atoms with E-state index in [2.05, 4.69) is 37.6 Å². The molecule has 1 aromatic rings. The van der Waals surface area contributed by atoms with E-state index < -0.39 is 0 Å². The third-order valence-electron chi connectivity index (χ3n) is 3.86. The normalized spacial score (nSPS) is 19.4. The summed E-state index contributed by atoms with van der Waals surface area (Å²) in [4.78, 5) is 4.45. The second-order valence-electron chi connectivity index (χ2n) is 5.27. The molecule has 1 aliphatic rings. The predicted octanol–water partition coefficient (Wildman–Crippen LogP) is 3.58. The van der Waals surface area contributed by atoms with Crippen LogP contribution in [0.5, 0.6) is 0 Å². The lowest BCUT2D eigenvalue weighted by Crippen LogP contribution is -2.30. The van der Waals surface area contributed by atoms with Crippen LogP contribution < -0.4 is 0 Å². The van der Waals surface area contributed by atoms with E-state index in [0.29, 0.717) is 5.41 Å². The Morgan fingerprint density at radius 1 is 1.35 bits per heavy atom. The molecule has 0 saturated heterocycles. The summed E-state index contributed by atoms with van der Waals surface area (Å²) < 4.78 is 2.08. The van der Waals surface area contributed by atoms with Crippen molar-refractivity contribution in [3.63, 3.8) is 0 Å². The molecule has 1 heterocycles. The van der Waals surface area contributed by atoms with Crippen molar-refractivity contribution in [3.8, 4) is 0 Å². The minimum Gasteiger partial charge on any atom is -0.250 e. The first-order valence-electron chi connectivity index (χ1n) is 6.72. The largest absolute Gasteiger partial charge is 0.250 e. The van der Waals surface area contributed by atoms with Gasteiger partial charge in [0.25, 0.3) is 0 Å². The maximum absolute atomic E-state index is 4.45. The third kappa shape index (κ3) is 3.09. The van der Waals surface area contributed by atoms with Gasteiger partial charge in [-0.15, -0.1) is 0 Å². The van der Waals surface area contributed by atoms with E-state index in [-0.39, 0.29) is 0 Å². The molecule has 1 aromatic heterocycles. The Morgan fingerprint density at radius 2 is 2.12 bits per heavy atom. The van der Waals surface area contributed by atoms with E-state index in [4.69, 9.17) is 0 Å². The van der Waals surface area contributed by atoms with Gasteiger partial charge in [-0.3, -0.25) is 4.68 Å². The van der Waals surface area contributed by atoms with Crippen molar-refractivity contribution >= 4 is 15.9 Å². The molecular weight excluding hydrogens is 278 g/mol. The molecular formula is C13H22BrN3. The Balaban J connectivity index is 2.09. The number of halogens is 1. The van der Waals surface area contributed by atoms with E-state index >= 15 is 0 Å². The van der Waals surface area contributed by atoms with Crippen molar-refractivity contribution < 1.29 is 0 Å². The van der Waals surface area contributed by atoms with E-state index in [1.54, 1.807) is 6.33 Å². The molecule has 0 bridgehead atoms. The van der Waals surface area contributed by atoms with Crippen LogP contribution >= 0.6 is 15.9 Å². The molecule has 0 N–H and O–H groups in total. The van der Waals surface area contributed by atoms with Crippen molar-refractivity contribution in [1.29, 1.82) is 0 Å². The highest BCUT2D eigenvalue weighted by molar-refractivity contribution is 9.09. The van der Waals surface area contributed by atoms with Crippen LogP contribution in [0.3, 0.4) is 0 Å². The van der Waals surface area contributed by atoms with Crippen LogP contribution in [0, 0.1) is 5.41 Å². The SMILES string of the molecule is CCCn1ncnc1CC1(CBr)CCCCC1. The van der Waals surface area contributed by atoms with Crippen LogP contribution in [0.25, 0.3) is 0 Å². The fraction of sp³-hybridized carbons (Fsp3) is 0.846. The van der Waals surface area contributed by atoms with Crippen LogP contribution in [-0.4, -0.2) is 20.1 Å². The number of alkyl halides is 1. The fourth-order valence-electron chi connectivity index (χ4n) is 2.82. The van der Waals surface area contributed by atoms with Gasteiger partial charge in [-0.1, -0.05) is 42.1 Å². The van der Waals surface area contributed by atoms with E-state index in [1.807, 2.05) is 0 Å². The molecule has 0 aromatic carbocycles. The molecule has 0 spiro atoms. The Hall–Kier alpha value is -0.380. The molecule has 0 unspecified atom stereocenters. The van der Waals surface area contributed by atoms with Gasteiger partial charge in [-0.05, 0) is 24.7 Å². The average molecular weight is 300 g/mol. The minimum absolute atomic E-state index is 0.427. The summed E-state index contributed by atoms with van der Waals surface area (Å²) >= 11 is 3.72. The molecule has 4 heteroatoms. The lowest BCUT2D eigenvalue weighted by atomic mass is 9.73. The Labute approximate surface area is 112 Å². The monoisotopic (exact) mass is 299 g/mol. The molecule has 3 nitrogen and oxygen atoms in total. The first kappa shape index (κ1) is 13.1. The van der Waals surface area contributed by atoms with Crippen molar-refractivity contribution in [2.24, 2.45) is 5.41 Å². The van der Waals surface area contributed by atoms with Crippen LogP contribution in [0.4, 0.5) is 0 Å². The standard InChI is InChI=1S/C13H22BrN3/c1-2-8-17-12(15-11-16-17)9-13(10-14)6-4-3-5-7-13/h11H,2-10H2,1H3. The van der Waals surface area contributed by atoms with Gasteiger partial charge in [-0.2, -0.15) is 5.10 Å². The topological polar surface area (TPSA) is 30.7 Å². The molecule has 0 amide bonds. The summed E-state index contributed by atoms with van der Waals surface area (Å²) in [7, 11) is 0. The van der Waals surface area contributed by atoms with Gasteiger partial charge in [0.05, 0.1) is 0 Å². The quantitative estimate of drug-likeness (QED) is 0.778. The molecule has 1 saturated carbocycles. The van der Waals surface area contributed by atoms with Gasteiger partial charge in [0.15, 0.2) is 0 Å². The highest BCUT2D eigenvalue weighted by Crippen LogP contribution is 2.40. The molecule has 1 fully saturated rings. The van der Waals surface area contributed by atoms with Gasteiger partial charge in [-0.25, -0.2) is 4.98 Å². The molecule has 0 radical (unpaired) electrons. The van der Waals surface area contributed by atoms with Gasteiger partial charge in [0.2, 0.25) is 0 Å². The Morgan fingerprint density at radius 3 is 2.76 bits per heavy atom. The molecule has 1 aliphatic carbocycles. The smallest absolute Gasteiger partial charge is 0.138 e. The summed E-state index contributed by atoms with van der Waals surface area (Å²) in [6.07, 6.45) is 10.7. The first-order chi connectivity index (χ1) is 8.29. The number of aromatic nitrogens is 3. The zero-order chi connectivity index (χ0) is 12.1. The summed E-state index contributed by atoms with van der Waals surface area (Å²) in [5.41, 5.74) is 0.427. The number of hydrogen-bond donors (Lipinski definition) is 0. The number of rotatable bonds is 5. The number of aryl methyl sites for hydroxylation is 1. The van der Waals surface area contributed by atoms with Crippen LogP contribution in [0.1, 0.15) is 51.3 Å². The van der Waals surface area contributed by atoms with Gasteiger partial charge < -0.3 is 0 Å². The summed E-state index contributed by atoms with van der Waals surface area (Å²) in [6, 6.07) is 0. The lowest BCUT2D eigenvalue weighted by molar-refractivity contribution is 0.216. The molecule has 0 aliphatic heterocycles. The predicted molar refractivity (Wildman–Crippen MR) is 73.3 cm³/mol. The zero-order valence-electron chi connectivity index (χ0n) is 10.7. The average Bonchev–Trinajstić information content (AvgIpc) is 2.78. The molecule has 2 rings (SSSR count). The van der Waals surface area contributed by atoms with Crippen molar-refractivity contribution in [1.82, 2.24) is 14.8 Å². The van der Waals surface area contributed by atoms with Crippen molar-refractivity contribution in [2.75, 3.05) is 5.33 Å². The first-order valence-corrected chi connectivity index (χ1v) is 7.84. The maximum atomic E-state index is 4.45. The number of hydrogen-bond acceptors (Lipinski definition) is 2. The van der Waals surface area contributed by atoms with E-state index in [1.165, 1.54) is 37.9 Å². The molecule has 17 heavy (non-hydrogen) atoms. The number of nitrogens with zero attached hydrogens (tertiary/aromatic N) is 3. The van der Waals surface area contributed by atoms with E-state index in [9.17, 15) is 0 Å². The minimum atomic E-state index is 0.427. The molecule has 0 atom stereocenters. The van der Waals surface area contributed by atoms with Gasteiger partial charge in [0, 0.05) is 18.3 Å². The second-order valence-corrected chi connectivity index (χ2v) is 5.83. The zero-order valence-corrected chi connectivity index (χ0v) is 12.2. The fourth-order valence-corrected chi connectivity index (χ4v) is 3.58. The summed E-state index contributed by atoms with van der Waals surface area (Å²) in [5.74, 6) is 1.17.